The first-order valence-electron chi connectivity index (χ1n) is 6.93. The number of hydrogen-bond acceptors (Lipinski definition) is 4. The van der Waals surface area contributed by atoms with Gasteiger partial charge in [0.05, 0.1) is 12.3 Å². The van der Waals surface area contributed by atoms with Crippen LogP contribution < -0.4 is 5.32 Å². The summed E-state index contributed by atoms with van der Waals surface area (Å²) in [7, 11) is 0. The summed E-state index contributed by atoms with van der Waals surface area (Å²) in [5.41, 5.74) is -0.00144. The number of amides is 2. The van der Waals surface area contributed by atoms with Crippen molar-refractivity contribution in [2.45, 2.75) is 33.2 Å². The van der Waals surface area contributed by atoms with Crippen LogP contribution in [0.3, 0.4) is 0 Å². The van der Waals surface area contributed by atoms with Crippen molar-refractivity contribution in [1.29, 1.82) is 0 Å². The van der Waals surface area contributed by atoms with Crippen LogP contribution in [0.1, 0.15) is 37.7 Å². The molecule has 2 amide bonds. The third-order valence-electron chi connectivity index (χ3n) is 3.17. The highest BCUT2D eigenvalue weighted by atomic mass is 16.3. The molecular formula is C15H20N2O4. The first-order chi connectivity index (χ1) is 9.76. The minimum absolute atomic E-state index is 0.000623. The fraction of sp³-hybridized carbons (Fsp3) is 0.533. The molecule has 0 radical (unpaired) electrons. The Morgan fingerprint density at radius 3 is 2.71 bits per heavy atom. The van der Waals surface area contributed by atoms with Crippen LogP contribution in [0.15, 0.2) is 22.8 Å². The Bertz CT molecular complexity index is 543. The largest absolute Gasteiger partial charge is 0.461 e. The fourth-order valence-corrected chi connectivity index (χ4v) is 2.36. The summed E-state index contributed by atoms with van der Waals surface area (Å²) in [5, 5.41) is 2.60. The van der Waals surface area contributed by atoms with E-state index in [0.717, 1.165) is 0 Å². The van der Waals surface area contributed by atoms with Gasteiger partial charge in [-0.1, -0.05) is 20.8 Å². The molecule has 6 heteroatoms. The molecule has 1 saturated heterocycles. The normalized spacial score (nSPS) is 18.9. The van der Waals surface area contributed by atoms with E-state index < -0.39 is 11.7 Å². The van der Waals surface area contributed by atoms with Gasteiger partial charge in [0.25, 0.3) is 11.7 Å². The number of nitrogens with zero attached hydrogens (tertiary/aromatic N) is 1. The first kappa shape index (κ1) is 15.3. The van der Waals surface area contributed by atoms with Gasteiger partial charge in [0.2, 0.25) is 5.91 Å². The van der Waals surface area contributed by atoms with E-state index in [-0.39, 0.29) is 29.5 Å². The Kier molecular flexibility index (Phi) is 4.16. The lowest BCUT2D eigenvalue weighted by atomic mass is 9.96. The van der Waals surface area contributed by atoms with E-state index in [4.69, 9.17) is 4.42 Å². The van der Waals surface area contributed by atoms with Crippen molar-refractivity contribution in [3.05, 3.63) is 24.2 Å². The Balaban J connectivity index is 1.91. The zero-order valence-electron chi connectivity index (χ0n) is 12.5. The number of ketones is 1. The lowest BCUT2D eigenvalue weighted by Crippen LogP contribution is -2.41. The van der Waals surface area contributed by atoms with Gasteiger partial charge in [-0.15, -0.1) is 0 Å². The van der Waals surface area contributed by atoms with Crippen LogP contribution in [0.2, 0.25) is 0 Å². The van der Waals surface area contributed by atoms with Crippen molar-refractivity contribution in [1.82, 2.24) is 10.2 Å². The molecule has 0 aliphatic carbocycles. The average Bonchev–Trinajstić information content (AvgIpc) is 2.97. The van der Waals surface area contributed by atoms with E-state index in [1.54, 1.807) is 11.0 Å². The fourth-order valence-electron chi connectivity index (χ4n) is 2.36. The van der Waals surface area contributed by atoms with Gasteiger partial charge in [-0.05, 0) is 17.5 Å². The van der Waals surface area contributed by atoms with Gasteiger partial charge in [-0.3, -0.25) is 14.4 Å². The Hall–Kier alpha value is -2.11. The Morgan fingerprint density at radius 2 is 2.14 bits per heavy atom. The summed E-state index contributed by atoms with van der Waals surface area (Å²) in [5.74, 6) is -1.45. The van der Waals surface area contributed by atoms with Gasteiger partial charge in [-0.25, -0.2) is 0 Å². The molecule has 1 aliphatic rings. The monoisotopic (exact) mass is 292 g/mol. The maximum atomic E-state index is 11.9. The number of carbonyl (C=O) groups is 3. The molecule has 2 heterocycles. The molecular weight excluding hydrogens is 272 g/mol. The van der Waals surface area contributed by atoms with E-state index in [1.165, 1.54) is 12.3 Å². The van der Waals surface area contributed by atoms with Crippen molar-refractivity contribution < 1.29 is 18.8 Å². The maximum absolute atomic E-state index is 11.9. The molecule has 1 atom stereocenters. The van der Waals surface area contributed by atoms with E-state index in [1.807, 2.05) is 20.8 Å². The van der Waals surface area contributed by atoms with Crippen LogP contribution in [-0.4, -0.2) is 41.6 Å². The number of carbonyl (C=O) groups excluding carboxylic acids is 3. The molecule has 0 bridgehead atoms. The third-order valence-corrected chi connectivity index (χ3v) is 3.17. The molecule has 1 aromatic heterocycles. The molecule has 1 aromatic rings. The topological polar surface area (TPSA) is 79.6 Å². The van der Waals surface area contributed by atoms with Crippen molar-refractivity contribution in [2.24, 2.45) is 5.41 Å². The van der Waals surface area contributed by atoms with Gasteiger partial charge in [0.15, 0.2) is 5.76 Å². The minimum Gasteiger partial charge on any atom is -0.461 e. The molecule has 1 unspecified atom stereocenters. The summed E-state index contributed by atoms with van der Waals surface area (Å²) < 4.78 is 4.90. The van der Waals surface area contributed by atoms with Crippen LogP contribution >= 0.6 is 0 Å². The number of hydrogen-bond donors (Lipinski definition) is 1. The second-order valence-corrected chi connectivity index (χ2v) is 6.52. The molecule has 0 aromatic carbocycles. The lowest BCUT2D eigenvalue weighted by Gasteiger charge is -2.26. The van der Waals surface area contributed by atoms with Crippen LogP contribution in [0.4, 0.5) is 0 Å². The SMILES string of the molecule is CC(C)(C)CN1CC(NC(=O)C(=O)c2ccco2)CC1=O. The third kappa shape index (κ3) is 3.93. The molecule has 6 nitrogen and oxygen atoms in total. The van der Waals surface area contributed by atoms with E-state index in [0.29, 0.717) is 13.1 Å². The number of Topliss-reactive ketones (excluding diaryl/α,β-unsaturated/α-hetero) is 1. The predicted molar refractivity (Wildman–Crippen MR) is 75.6 cm³/mol. The number of likely N-dealkylation sites (tertiary alicyclic amines) is 1. The van der Waals surface area contributed by atoms with Crippen LogP contribution in [0.25, 0.3) is 0 Å². The minimum atomic E-state index is -0.736. The smallest absolute Gasteiger partial charge is 0.296 e. The van der Waals surface area contributed by atoms with E-state index in [2.05, 4.69) is 5.32 Å². The zero-order chi connectivity index (χ0) is 15.6. The highest BCUT2D eigenvalue weighted by Crippen LogP contribution is 2.20. The standard InChI is InChI=1S/C15H20N2O4/c1-15(2,3)9-17-8-10(7-12(17)18)16-14(20)13(19)11-5-4-6-21-11/h4-6,10H,7-9H2,1-3H3,(H,16,20). The molecule has 21 heavy (non-hydrogen) atoms. The Morgan fingerprint density at radius 1 is 1.43 bits per heavy atom. The predicted octanol–water partition coefficient (Wildman–Crippen LogP) is 1.23. The quantitative estimate of drug-likeness (QED) is 0.668. The maximum Gasteiger partial charge on any atom is 0.296 e. The second kappa shape index (κ2) is 5.71. The molecule has 1 N–H and O–H groups in total. The van der Waals surface area contributed by atoms with Crippen LogP contribution in [-0.2, 0) is 9.59 Å². The lowest BCUT2D eigenvalue weighted by molar-refractivity contribution is -0.128. The van der Waals surface area contributed by atoms with Crippen molar-refractivity contribution >= 4 is 17.6 Å². The van der Waals surface area contributed by atoms with Crippen molar-refractivity contribution in [3.8, 4) is 0 Å². The molecule has 0 saturated carbocycles. The summed E-state index contributed by atoms with van der Waals surface area (Å²) in [6.07, 6.45) is 1.57. The van der Waals surface area contributed by atoms with Gasteiger partial charge < -0.3 is 14.6 Å². The van der Waals surface area contributed by atoms with Gasteiger partial charge in [0.1, 0.15) is 0 Å². The summed E-state index contributed by atoms with van der Waals surface area (Å²) >= 11 is 0. The first-order valence-corrected chi connectivity index (χ1v) is 6.93. The molecule has 2 rings (SSSR count). The summed E-state index contributed by atoms with van der Waals surface area (Å²) in [4.78, 5) is 37.3. The van der Waals surface area contributed by atoms with Crippen molar-refractivity contribution in [3.63, 3.8) is 0 Å². The highest BCUT2D eigenvalue weighted by molar-refractivity contribution is 6.42. The van der Waals surface area contributed by atoms with Gasteiger partial charge in [0, 0.05) is 19.5 Å². The average molecular weight is 292 g/mol. The zero-order valence-corrected chi connectivity index (χ0v) is 12.5. The van der Waals surface area contributed by atoms with Gasteiger partial charge >= 0.3 is 0 Å². The number of rotatable bonds is 4. The van der Waals surface area contributed by atoms with Crippen molar-refractivity contribution in [2.75, 3.05) is 13.1 Å². The summed E-state index contributed by atoms with van der Waals surface area (Å²) in [6.45, 7) is 7.21. The van der Waals surface area contributed by atoms with Gasteiger partial charge in [-0.2, -0.15) is 0 Å². The molecule has 1 aliphatic heterocycles. The molecule has 0 spiro atoms. The summed E-state index contributed by atoms with van der Waals surface area (Å²) in [6, 6.07) is 2.66. The molecule has 114 valence electrons. The second-order valence-electron chi connectivity index (χ2n) is 6.52. The van der Waals surface area contributed by atoms with E-state index in [9.17, 15) is 14.4 Å². The molecule has 1 fully saturated rings. The number of furan rings is 1. The van der Waals surface area contributed by atoms with E-state index >= 15 is 0 Å². The van der Waals surface area contributed by atoms with Crippen LogP contribution in [0, 0.1) is 5.41 Å². The Labute approximate surface area is 123 Å². The number of nitrogens with one attached hydrogen (secondary N) is 1. The van der Waals surface area contributed by atoms with Crippen LogP contribution in [0.5, 0.6) is 0 Å². The highest BCUT2D eigenvalue weighted by Gasteiger charge is 2.34.